The van der Waals surface area contributed by atoms with Crippen molar-refractivity contribution in [1.29, 1.82) is 0 Å². The number of carboxylic acid groups (broad SMARTS) is 1. The van der Waals surface area contributed by atoms with Gasteiger partial charge in [-0.1, -0.05) is 0 Å². The average molecular weight is 307 g/mol. The molecule has 1 fully saturated rings. The molecule has 3 rings (SSSR count). The number of aliphatic carboxylic acids is 1. The van der Waals surface area contributed by atoms with E-state index in [0.29, 0.717) is 19.4 Å². The van der Waals surface area contributed by atoms with Crippen LogP contribution in [0, 0.1) is 5.92 Å². The number of hydrogen-bond acceptors (Lipinski definition) is 5. The molecule has 0 radical (unpaired) electrons. The zero-order valence-electron chi connectivity index (χ0n) is 11.5. The summed E-state index contributed by atoms with van der Waals surface area (Å²) in [4.78, 5) is 15.4. The van der Waals surface area contributed by atoms with Gasteiger partial charge < -0.3 is 14.3 Å². The third-order valence-electron chi connectivity index (χ3n) is 3.77. The fourth-order valence-electron chi connectivity index (χ4n) is 2.57. The molecule has 0 bridgehead atoms. The molecule has 0 spiro atoms. The van der Waals surface area contributed by atoms with E-state index >= 15 is 0 Å². The number of carboxylic acids is 1. The zero-order chi connectivity index (χ0) is 14.7. The van der Waals surface area contributed by atoms with E-state index < -0.39 is 5.97 Å². The monoisotopic (exact) mass is 307 g/mol. The predicted octanol–water partition coefficient (Wildman–Crippen LogP) is 3.56. The first-order valence-corrected chi connectivity index (χ1v) is 7.93. The predicted molar refractivity (Wildman–Crippen MR) is 78.0 cm³/mol. The van der Waals surface area contributed by atoms with Gasteiger partial charge in [0, 0.05) is 5.38 Å². The highest BCUT2D eigenvalue weighted by Crippen LogP contribution is 2.28. The van der Waals surface area contributed by atoms with Gasteiger partial charge in [0.25, 0.3) is 0 Å². The van der Waals surface area contributed by atoms with Crippen molar-refractivity contribution in [2.75, 3.05) is 0 Å². The number of ether oxygens (including phenoxy) is 1. The van der Waals surface area contributed by atoms with Gasteiger partial charge in [-0.05, 0) is 37.8 Å². The molecule has 0 saturated heterocycles. The maximum absolute atomic E-state index is 10.9. The van der Waals surface area contributed by atoms with Crippen LogP contribution in [0.4, 0.5) is 0 Å². The molecule has 0 amide bonds. The Morgan fingerprint density at radius 2 is 2.24 bits per heavy atom. The second-order valence-corrected chi connectivity index (χ2v) is 6.10. The van der Waals surface area contributed by atoms with Crippen molar-refractivity contribution in [2.24, 2.45) is 5.92 Å². The Bertz CT molecular complexity index is 585. The molecule has 112 valence electrons. The molecule has 0 aliphatic heterocycles. The number of rotatable bonds is 5. The van der Waals surface area contributed by atoms with E-state index in [0.717, 1.165) is 29.3 Å². The number of thiazole rings is 1. The summed E-state index contributed by atoms with van der Waals surface area (Å²) in [5.74, 6) is -0.112. The van der Waals surface area contributed by atoms with Crippen molar-refractivity contribution in [1.82, 2.24) is 4.98 Å². The molecule has 2 aromatic rings. The Morgan fingerprint density at radius 3 is 2.90 bits per heavy atom. The van der Waals surface area contributed by atoms with E-state index in [4.69, 9.17) is 14.3 Å². The molecule has 1 N–H and O–H groups in total. The summed E-state index contributed by atoms with van der Waals surface area (Å²) in [5, 5.41) is 11.8. The van der Waals surface area contributed by atoms with Crippen molar-refractivity contribution in [3.05, 3.63) is 29.5 Å². The summed E-state index contributed by atoms with van der Waals surface area (Å²) in [6.45, 7) is 0.472. The average Bonchev–Trinajstić information content (AvgIpc) is 3.16. The second kappa shape index (κ2) is 6.41. The van der Waals surface area contributed by atoms with E-state index in [-0.39, 0.29) is 12.0 Å². The number of nitrogens with zero attached hydrogens (tertiary/aromatic N) is 1. The smallest absolute Gasteiger partial charge is 0.306 e. The Morgan fingerprint density at radius 1 is 1.43 bits per heavy atom. The van der Waals surface area contributed by atoms with E-state index in [9.17, 15) is 4.79 Å². The molecule has 0 atom stereocenters. The van der Waals surface area contributed by atoms with Crippen LogP contribution in [-0.2, 0) is 16.1 Å². The molecule has 5 nitrogen and oxygen atoms in total. The lowest BCUT2D eigenvalue weighted by molar-refractivity contribution is -0.143. The first kappa shape index (κ1) is 14.3. The molecule has 2 aromatic heterocycles. The van der Waals surface area contributed by atoms with Crippen LogP contribution in [0.2, 0.25) is 0 Å². The highest BCUT2D eigenvalue weighted by atomic mass is 32.1. The summed E-state index contributed by atoms with van der Waals surface area (Å²) < 4.78 is 11.2. The standard InChI is InChI=1S/C15H17NO4S/c17-15(18)10-3-5-12(6-4-10)20-8-11-9-21-14(16-11)13-2-1-7-19-13/h1-2,7,9-10,12H,3-6,8H2,(H,17,18). The SMILES string of the molecule is O=C(O)C1CCC(OCc2csc(-c3ccco3)n2)CC1. The molecule has 1 aliphatic rings. The molecule has 21 heavy (non-hydrogen) atoms. The minimum Gasteiger partial charge on any atom is -0.481 e. The lowest BCUT2D eigenvalue weighted by Crippen LogP contribution is -2.25. The van der Waals surface area contributed by atoms with Crippen LogP contribution in [0.25, 0.3) is 10.8 Å². The number of furan rings is 1. The maximum atomic E-state index is 10.9. The van der Waals surface area contributed by atoms with Crippen LogP contribution in [0.3, 0.4) is 0 Å². The van der Waals surface area contributed by atoms with Crippen LogP contribution in [0.15, 0.2) is 28.2 Å². The maximum Gasteiger partial charge on any atom is 0.306 e. The fraction of sp³-hybridized carbons (Fsp3) is 0.467. The third-order valence-corrected chi connectivity index (χ3v) is 4.68. The van der Waals surface area contributed by atoms with Gasteiger partial charge in [-0.15, -0.1) is 11.3 Å². The van der Waals surface area contributed by atoms with Crippen molar-refractivity contribution in [2.45, 2.75) is 38.4 Å². The molecule has 1 saturated carbocycles. The van der Waals surface area contributed by atoms with E-state index in [1.807, 2.05) is 17.5 Å². The van der Waals surface area contributed by atoms with Gasteiger partial charge in [0.1, 0.15) is 0 Å². The van der Waals surface area contributed by atoms with Crippen LogP contribution < -0.4 is 0 Å². The first-order chi connectivity index (χ1) is 10.2. The Balaban J connectivity index is 1.49. The Hall–Kier alpha value is -1.66. The highest BCUT2D eigenvalue weighted by molar-refractivity contribution is 7.13. The van der Waals surface area contributed by atoms with Gasteiger partial charge in [0.2, 0.25) is 0 Å². The van der Waals surface area contributed by atoms with Gasteiger partial charge in [-0.2, -0.15) is 0 Å². The fourth-order valence-corrected chi connectivity index (χ4v) is 3.34. The summed E-state index contributed by atoms with van der Waals surface area (Å²) in [6.07, 6.45) is 4.81. The number of hydrogen-bond donors (Lipinski definition) is 1. The minimum atomic E-state index is -0.684. The quantitative estimate of drug-likeness (QED) is 0.914. The molecular weight excluding hydrogens is 290 g/mol. The molecule has 1 aliphatic carbocycles. The molecule has 2 heterocycles. The molecule has 6 heteroatoms. The van der Waals surface area contributed by atoms with E-state index in [1.54, 1.807) is 6.26 Å². The molecule has 0 aromatic carbocycles. The Kier molecular flexibility index (Phi) is 4.36. The lowest BCUT2D eigenvalue weighted by Gasteiger charge is -2.25. The third kappa shape index (κ3) is 3.51. The normalized spacial score (nSPS) is 22.3. The number of carbonyl (C=O) groups is 1. The summed E-state index contributed by atoms with van der Waals surface area (Å²) in [7, 11) is 0. The highest BCUT2D eigenvalue weighted by Gasteiger charge is 2.26. The van der Waals surface area contributed by atoms with Crippen molar-refractivity contribution in [3.8, 4) is 10.8 Å². The lowest BCUT2D eigenvalue weighted by atomic mass is 9.87. The van der Waals surface area contributed by atoms with Crippen molar-refractivity contribution >= 4 is 17.3 Å². The van der Waals surface area contributed by atoms with Crippen LogP contribution in [-0.4, -0.2) is 22.2 Å². The van der Waals surface area contributed by atoms with E-state index in [2.05, 4.69) is 4.98 Å². The van der Waals surface area contributed by atoms with Crippen molar-refractivity contribution in [3.63, 3.8) is 0 Å². The zero-order valence-corrected chi connectivity index (χ0v) is 12.3. The molecule has 0 unspecified atom stereocenters. The van der Waals surface area contributed by atoms with Crippen LogP contribution in [0.1, 0.15) is 31.4 Å². The summed E-state index contributed by atoms with van der Waals surface area (Å²) in [5.41, 5.74) is 0.895. The number of aromatic nitrogens is 1. The van der Waals surface area contributed by atoms with Gasteiger partial charge in [0.05, 0.1) is 30.6 Å². The minimum absolute atomic E-state index is 0.148. The Labute approximate surface area is 126 Å². The van der Waals surface area contributed by atoms with Gasteiger partial charge in [0.15, 0.2) is 10.8 Å². The summed E-state index contributed by atoms with van der Waals surface area (Å²) in [6, 6.07) is 3.73. The van der Waals surface area contributed by atoms with Gasteiger partial charge >= 0.3 is 5.97 Å². The molecular formula is C15H17NO4S. The first-order valence-electron chi connectivity index (χ1n) is 7.05. The summed E-state index contributed by atoms with van der Waals surface area (Å²) >= 11 is 1.54. The van der Waals surface area contributed by atoms with Crippen LogP contribution in [0.5, 0.6) is 0 Å². The largest absolute Gasteiger partial charge is 0.481 e. The topological polar surface area (TPSA) is 72.6 Å². The second-order valence-electron chi connectivity index (χ2n) is 5.24. The van der Waals surface area contributed by atoms with Gasteiger partial charge in [-0.25, -0.2) is 4.98 Å². The van der Waals surface area contributed by atoms with Crippen molar-refractivity contribution < 1.29 is 19.1 Å². The van der Waals surface area contributed by atoms with Gasteiger partial charge in [-0.3, -0.25) is 4.79 Å². The van der Waals surface area contributed by atoms with E-state index in [1.165, 1.54) is 11.3 Å². The van der Waals surface area contributed by atoms with Crippen LogP contribution >= 0.6 is 11.3 Å².